The average Bonchev–Trinajstić information content (AvgIpc) is 3.06. The molecule has 4 nitrogen and oxygen atoms in total. The highest BCUT2D eigenvalue weighted by atomic mass is 32.1. The predicted octanol–water partition coefficient (Wildman–Crippen LogP) is 3.63. The van der Waals surface area contributed by atoms with Crippen molar-refractivity contribution in [3.63, 3.8) is 0 Å². The zero-order chi connectivity index (χ0) is 15.4. The fourth-order valence-electron chi connectivity index (χ4n) is 2.06. The van der Waals surface area contributed by atoms with E-state index < -0.39 is 12.0 Å². The van der Waals surface area contributed by atoms with Crippen LogP contribution in [-0.4, -0.2) is 17.0 Å². The Morgan fingerprint density at radius 3 is 2.76 bits per heavy atom. The van der Waals surface area contributed by atoms with Crippen molar-refractivity contribution >= 4 is 34.6 Å². The van der Waals surface area contributed by atoms with Gasteiger partial charge in [0, 0.05) is 9.75 Å². The average molecular weight is 323 g/mol. The summed E-state index contributed by atoms with van der Waals surface area (Å²) in [5, 5.41) is 13.7. The molecule has 2 aromatic rings. The Hall–Kier alpha value is -1.66. The number of thiophene rings is 2. The van der Waals surface area contributed by atoms with Crippen LogP contribution in [0.4, 0.5) is 0 Å². The van der Waals surface area contributed by atoms with Gasteiger partial charge in [0.25, 0.3) is 5.91 Å². The first kappa shape index (κ1) is 15.7. The first-order valence-electron chi connectivity index (χ1n) is 6.69. The minimum Gasteiger partial charge on any atom is -0.479 e. The molecule has 0 aliphatic rings. The molecule has 0 fully saturated rings. The van der Waals surface area contributed by atoms with Crippen LogP contribution >= 0.6 is 22.7 Å². The highest BCUT2D eigenvalue weighted by Gasteiger charge is 2.24. The van der Waals surface area contributed by atoms with Crippen LogP contribution in [0, 0.1) is 6.92 Å². The lowest BCUT2D eigenvalue weighted by molar-refractivity contribution is -0.139. The Bertz CT molecular complexity index is 631. The van der Waals surface area contributed by atoms with Crippen molar-refractivity contribution in [1.29, 1.82) is 0 Å². The highest BCUT2D eigenvalue weighted by Crippen LogP contribution is 2.25. The van der Waals surface area contributed by atoms with Crippen LogP contribution in [0.5, 0.6) is 0 Å². The second-order valence-electron chi connectivity index (χ2n) is 4.70. The lowest BCUT2D eigenvalue weighted by Gasteiger charge is -2.11. The molecule has 6 heteroatoms. The molecule has 0 aliphatic heterocycles. The lowest BCUT2D eigenvalue weighted by atomic mass is 10.1. The summed E-state index contributed by atoms with van der Waals surface area (Å²) in [5.41, 5.74) is 1.16. The Morgan fingerprint density at radius 2 is 2.19 bits per heavy atom. The smallest absolute Gasteiger partial charge is 0.331 e. The molecule has 2 aromatic heterocycles. The van der Waals surface area contributed by atoms with Gasteiger partial charge in [-0.05, 0) is 36.4 Å². The van der Waals surface area contributed by atoms with Gasteiger partial charge in [-0.3, -0.25) is 4.79 Å². The van der Waals surface area contributed by atoms with Gasteiger partial charge in [0.05, 0.1) is 4.88 Å². The Morgan fingerprint density at radius 1 is 1.43 bits per heavy atom. The third-order valence-electron chi connectivity index (χ3n) is 3.11. The zero-order valence-electron chi connectivity index (χ0n) is 11.9. The third-order valence-corrected chi connectivity index (χ3v) is 5.14. The molecule has 1 unspecified atom stereocenters. The second kappa shape index (κ2) is 6.87. The Balaban J connectivity index is 2.16. The van der Waals surface area contributed by atoms with Gasteiger partial charge in [-0.1, -0.05) is 19.4 Å². The Kier molecular flexibility index (Phi) is 5.14. The van der Waals surface area contributed by atoms with Crippen LogP contribution in [0.3, 0.4) is 0 Å². The van der Waals surface area contributed by atoms with Gasteiger partial charge >= 0.3 is 5.97 Å². The number of carboxylic acid groups (broad SMARTS) is 1. The summed E-state index contributed by atoms with van der Waals surface area (Å²) >= 11 is 2.73. The number of aliphatic carboxylic acids is 1. The summed E-state index contributed by atoms with van der Waals surface area (Å²) in [4.78, 5) is 25.9. The summed E-state index contributed by atoms with van der Waals surface area (Å²) in [7, 11) is 0. The molecule has 0 bridgehead atoms. The molecule has 1 amide bonds. The number of carbonyl (C=O) groups is 2. The van der Waals surface area contributed by atoms with Crippen LogP contribution in [0.25, 0.3) is 0 Å². The van der Waals surface area contributed by atoms with Crippen molar-refractivity contribution < 1.29 is 14.7 Å². The normalized spacial score (nSPS) is 12.1. The largest absolute Gasteiger partial charge is 0.479 e. The number of aryl methyl sites for hydroxylation is 2. The number of carboxylic acids is 1. The van der Waals surface area contributed by atoms with E-state index in [2.05, 4.69) is 12.2 Å². The van der Waals surface area contributed by atoms with Gasteiger partial charge < -0.3 is 10.4 Å². The quantitative estimate of drug-likeness (QED) is 0.853. The van der Waals surface area contributed by atoms with E-state index >= 15 is 0 Å². The molecule has 0 spiro atoms. The molecule has 0 radical (unpaired) electrons. The van der Waals surface area contributed by atoms with Gasteiger partial charge in [-0.2, -0.15) is 0 Å². The molecule has 0 saturated heterocycles. The summed E-state index contributed by atoms with van der Waals surface area (Å²) in [6.45, 7) is 4.08. The maximum absolute atomic E-state index is 12.3. The van der Waals surface area contributed by atoms with E-state index in [0.717, 1.165) is 23.3 Å². The van der Waals surface area contributed by atoms with E-state index in [9.17, 15) is 14.7 Å². The van der Waals surface area contributed by atoms with Gasteiger partial charge in [0.2, 0.25) is 0 Å². The van der Waals surface area contributed by atoms with Gasteiger partial charge in [0.15, 0.2) is 6.04 Å². The molecule has 2 N–H and O–H groups in total. The molecule has 112 valence electrons. The first-order valence-corrected chi connectivity index (χ1v) is 8.39. The molecule has 1 atom stereocenters. The lowest BCUT2D eigenvalue weighted by Crippen LogP contribution is -2.32. The Labute approximate surface area is 131 Å². The minimum atomic E-state index is -1.05. The van der Waals surface area contributed by atoms with E-state index in [-0.39, 0.29) is 5.91 Å². The van der Waals surface area contributed by atoms with Crippen molar-refractivity contribution in [1.82, 2.24) is 5.32 Å². The van der Waals surface area contributed by atoms with Crippen molar-refractivity contribution in [3.05, 3.63) is 43.8 Å². The van der Waals surface area contributed by atoms with Crippen LogP contribution in [0.15, 0.2) is 23.6 Å². The topological polar surface area (TPSA) is 66.4 Å². The summed E-state index contributed by atoms with van der Waals surface area (Å²) in [5.74, 6) is -1.38. The fraction of sp³-hybridized carbons (Fsp3) is 0.333. The SMILES string of the molecule is CCCc1cc(C(=O)NC(C(=O)O)c2cccs2)sc1C. The monoisotopic (exact) mass is 323 g/mol. The van der Waals surface area contributed by atoms with Crippen LogP contribution < -0.4 is 5.32 Å². The minimum absolute atomic E-state index is 0.328. The maximum atomic E-state index is 12.3. The number of amides is 1. The number of carbonyl (C=O) groups excluding carboxylic acids is 1. The molecule has 0 aliphatic carbocycles. The van der Waals surface area contributed by atoms with E-state index in [1.54, 1.807) is 17.5 Å². The molecular formula is C15H17NO3S2. The molecular weight excluding hydrogens is 306 g/mol. The molecule has 2 rings (SSSR count). The van der Waals surface area contributed by atoms with Gasteiger partial charge in [0.1, 0.15) is 0 Å². The molecule has 0 aromatic carbocycles. The van der Waals surface area contributed by atoms with Crippen molar-refractivity contribution in [2.45, 2.75) is 32.7 Å². The van der Waals surface area contributed by atoms with E-state index in [1.807, 2.05) is 13.0 Å². The zero-order valence-corrected chi connectivity index (χ0v) is 13.5. The highest BCUT2D eigenvalue weighted by molar-refractivity contribution is 7.14. The summed E-state index contributed by atoms with van der Waals surface area (Å²) < 4.78 is 0. The number of nitrogens with one attached hydrogen (secondary N) is 1. The van der Waals surface area contributed by atoms with E-state index in [4.69, 9.17) is 0 Å². The number of rotatable bonds is 6. The van der Waals surface area contributed by atoms with E-state index in [0.29, 0.717) is 9.75 Å². The molecule has 21 heavy (non-hydrogen) atoms. The summed E-state index contributed by atoms with van der Waals surface area (Å²) in [6, 6.07) is 4.36. The van der Waals surface area contributed by atoms with Crippen LogP contribution in [0.1, 0.15) is 44.4 Å². The number of hydrogen-bond acceptors (Lipinski definition) is 4. The molecule has 0 saturated carbocycles. The second-order valence-corrected chi connectivity index (χ2v) is 6.94. The maximum Gasteiger partial charge on any atom is 0.331 e. The van der Waals surface area contributed by atoms with Crippen molar-refractivity contribution in [3.8, 4) is 0 Å². The van der Waals surface area contributed by atoms with Crippen LogP contribution in [0.2, 0.25) is 0 Å². The first-order chi connectivity index (χ1) is 10.0. The molecule has 2 heterocycles. The van der Waals surface area contributed by atoms with Crippen molar-refractivity contribution in [2.24, 2.45) is 0 Å². The predicted molar refractivity (Wildman–Crippen MR) is 85.2 cm³/mol. The third kappa shape index (κ3) is 3.71. The fourth-order valence-corrected chi connectivity index (χ4v) is 3.80. The standard InChI is InChI=1S/C15H17NO3S2/c1-3-5-10-8-12(21-9(10)2)14(17)16-13(15(18)19)11-6-4-7-20-11/h4,6-8,13H,3,5H2,1-2H3,(H,16,17)(H,18,19). The van der Waals surface area contributed by atoms with Gasteiger partial charge in [-0.15, -0.1) is 22.7 Å². The van der Waals surface area contributed by atoms with E-state index in [1.165, 1.54) is 22.7 Å². The number of hydrogen-bond donors (Lipinski definition) is 2. The van der Waals surface area contributed by atoms with Crippen molar-refractivity contribution in [2.75, 3.05) is 0 Å². The van der Waals surface area contributed by atoms with Crippen LogP contribution in [-0.2, 0) is 11.2 Å². The van der Waals surface area contributed by atoms with Gasteiger partial charge in [-0.25, -0.2) is 4.79 Å². The summed E-state index contributed by atoms with van der Waals surface area (Å²) in [6.07, 6.45) is 1.95.